The number of para-hydroxylation sites is 1. The Kier molecular flexibility index (Phi) is 8.26. The first kappa shape index (κ1) is 17.0. The zero-order valence-electron chi connectivity index (χ0n) is 13.1. The molecule has 0 N–H and O–H groups in total. The van der Waals surface area contributed by atoms with Gasteiger partial charge in [0.25, 0.3) is 0 Å². The van der Waals surface area contributed by atoms with Crippen LogP contribution in [0.15, 0.2) is 24.3 Å². The third-order valence-electron chi connectivity index (χ3n) is 3.08. The molecule has 0 aromatic heterocycles. The standard InChI is InChI=1S/C16H27NO3/c1-5-19-16(20-6-2)11-12-17(3)13-14-9-7-8-10-15(14)18-4/h7-10,16H,5-6,11-13H2,1-4H3. The minimum Gasteiger partial charge on any atom is -0.496 e. The van der Waals surface area contributed by atoms with E-state index < -0.39 is 0 Å². The summed E-state index contributed by atoms with van der Waals surface area (Å²) in [6.45, 7) is 7.12. The van der Waals surface area contributed by atoms with E-state index in [0.29, 0.717) is 13.2 Å². The summed E-state index contributed by atoms with van der Waals surface area (Å²) in [7, 11) is 3.81. The molecule has 0 saturated heterocycles. The van der Waals surface area contributed by atoms with Crippen molar-refractivity contribution in [2.24, 2.45) is 0 Å². The highest BCUT2D eigenvalue weighted by Crippen LogP contribution is 2.18. The smallest absolute Gasteiger partial charge is 0.158 e. The van der Waals surface area contributed by atoms with Gasteiger partial charge in [-0.25, -0.2) is 0 Å². The lowest BCUT2D eigenvalue weighted by atomic mass is 10.2. The van der Waals surface area contributed by atoms with E-state index >= 15 is 0 Å². The Morgan fingerprint density at radius 1 is 1.10 bits per heavy atom. The molecule has 0 spiro atoms. The largest absolute Gasteiger partial charge is 0.496 e. The average molecular weight is 281 g/mol. The Bertz CT molecular complexity index is 364. The van der Waals surface area contributed by atoms with Crippen LogP contribution in [0, 0.1) is 0 Å². The van der Waals surface area contributed by atoms with Crippen LogP contribution >= 0.6 is 0 Å². The number of benzene rings is 1. The highest BCUT2D eigenvalue weighted by molar-refractivity contribution is 5.32. The molecule has 0 fully saturated rings. The van der Waals surface area contributed by atoms with Crippen LogP contribution in [0.25, 0.3) is 0 Å². The minimum absolute atomic E-state index is 0.106. The van der Waals surface area contributed by atoms with Crippen LogP contribution < -0.4 is 4.74 Å². The van der Waals surface area contributed by atoms with Crippen LogP contribution in [-0.2, 0) is 16.0 Å². The molecule has 20 heavy (non-hydrogen) atoms. The van der Waals surface area contributed by atoms with Crippen LogP contribution in [0.3, 0.4) is 0 Å². The normalized spacial score (nSPS) is 11.3. The topological polar surface area (TPSA) is 30.9 Å². The highest BCUT2D eigenvalue weighted by atomic mass is 16.7. The second-order valence-corrected chi connectivity index (χ2v) is 4.68. The molecule has 0 amide bonds. The van der Waals surface area contributed by atoms with Crippen molar-refractivity contribution in [1.82, 2.24) is 4.90 Å². The van der Waals surface area contributed by atoms with Crippen LogP contribution in [0.1, 0.15) is 25.8 Å². The van der Waals surface area contributed by atoms with Crippen LogP contribution in [0.2, 0.25) is 0 Å². The summed E-state index contributed by atoms with van der Waals surface area (Å²) >= 11 is 0. The molecule has 0 heterocycles. The van der Waals surface area contributed by atoms with Gasteiger partial charge in [-0.15, -0.1) is 0 Å². The van der Waals surface area contributed by atoms with Crippen molar-refractivity contribution in [1.29, 1.82) is 0 Å². The van der Waals surface area contributed by atoms with Crippen molar-refractivity contribution in [3.63, 3.8) is 0 Å². The van der Waals surface area contributed by atoms with Crippen molar-refractivity contribution in [2.75, 3.05) is 33.9 Å². The number of hydrogen-bond acceptors (Lipinski definition) is 4. The maximum Gasteiger partial charge on any atom is 0.158 e. The van der Waals surface area contributed by atoms with E-state index in [1.54, 1.807) is 7.11 Å². The molecule has 1 aromatic carbocycles. The number of ether oxygens (including phenoxy) is 3. The van der Waals surface area contributed by atoms with E-state index in [0.717, 1.165) is 25.3 Å². The second-order valence-electron chi connectivity index (χ2n) is 4.68. The molecule has 0 atom stereocenters. The Labute approximate surface area is 122 Å². The molecule has 1 rings (SSSR count). The third kappa shape index (κ3) is 5.90. The number of hydrogen-bond donors (Lipinski definition) is 0. The van der Waals surface area contributed by atoms with Gasteiger partial charge in [0.15, 0.2) is 6.29 Å². The fourth-order valence-corrected chi connectivity index (χ4v) is 2.12. The molecular weight excluding hydrogens is 254 g/mol. The lowest BCUT2D eigenvalue weighted by Crippen LogP contribution is -2.26. The quantitative estimate of drug-likeness (QED) is 0.617. The first-order valence-corrected chi connectivity index (χ1v) is 7.24. The molecular formula is C16H27NO3. The van der Waals surface area contributed by atoms with Crippen LogP contribution in [0.4, 0.5) is 0 Å². The maximum absolute atomic E-state index is 5.55. The predicted molar refractivity (Wildman–Crippen MR) is 81.0 cm³/mol. The van der Waals surface area contributed by atoms with Gasteiger partial charge in [0.1, 0.15) is 5.75 Å². The Morgan fingerprint density at radius 3 is 2.35 bits per heavy atom. The van der Waals surface area contributed by atoms with E-state index in [-0.39, 0.29) is 6.29 Å². The van der Waals surface area contributed by atoms with Crippen molar-refractivity contribution < 1.29 is 14.2 Å². The fraction of sp³-hybridized carbons (Fsp3) is 0.625. The van der Waals surface area contributed by atoms with E-state index in [1.807, 2.05) is 32.0 Å². The van der Waals surface area contributed by atoms with Crippen LogP contribution in [-0.4, -0.2) is 45.1 Å². The van der Waals surface area contributed by atoms with E-state index in [2.05, 4.69) is 18.0 Å². The third-order valence-corrected chi connectivity index (χ3v) is 3.08. The Hall–Kier alpha value is -1.10. The second kappa shape index (κ2) is 9.75. The van der Waals surface area contributed by atoms with Gasteiger partial charge in [0, 0.05) is 38.3 Å². The SMILES string of the molecule is CCOC(CCN(C)Cc1ccccc1OC)OCC. The molecule has 0 aliphatic heterocycles. The Morgan fingerprint density at radius 2 is 1.75 bits per heavy atom. The molecule has 0 bridgehead atoms. The van der Waals surface area contributed by atoms with Gasteiger partial charge in [-0.05, 0) is 27.0 Å². The molecule has 0 saturated carbocycles. The van der Waals surface area contributed by atoms with Gasteiger partial charge < -0.3 is 19.1 Å². The van der Waals surface area contributed by atoms with Gasteiger partial charge >= 0.3 is 0 Å². The highest BCUT2D eigenvalue weighted by Gasteiger charge is 2.11. The molecule has 0 aliphatic rings. The van der Waals surface area contributed by atoms with Gasteiger partial charge in [-0.1, -0.05) is 18.2 Å². The first-order chi connectivity index (χ1) is 9.71. The van der Waals surface area contributed by atoms with Crippen molar-refractivity contribution >= 4 is 0 Å². The molecule has 4 nitrogen and oxygen atoms in total. The summed E-state index contributed by atoms with van der Waals surface area (Å²) in [6.07, 6.45) is 0.762. The van der Waals surface area contributed by atoms with E-state index in [4.69, 9.17) is 14.2 Å². The maximum atomic E-state index is 5.55. The van der Waals surface area contributed by atoms with Crippen molar-refractivity contribution in [2.45, 2.75) is 33.1 Å². The van der Waals surface area contributed by atoms with Gasteiger partial charge in [0.05, 0.1) is 7.11 Å². The summed E-state index contributed by atoms with van der Waals surface area (Å²) in [5.41, 5.74) is 1.20. The average Bonchev–Trinajstić information content (AvgIpc) is 2.46. The van der Waals surface area contributed by atoms with Crippen LogP contribution in [0.5, 0.6) is 5.75 Å². The summed E-state index contributed by atoms with van der Waals surface area (Å²) < 4.78 is 16.5. The van der Waals surface area contributed by atoms with E-state index in [9.17, 15) is 0 Å². The predicted octanol–water partition coefficient (Wildman–Crippen LogP) is 2.92. The number of methoxy groups -OCH3 is 1. The zero-order chi connectivity index (χ0) is 14.8. The monoisotopic (exact) mass is 281 g/mol. The lowest BCUT2D eigenvalue weighted by molar-refractivity contribution is -0.141. The number of nitrogens with zero attached hydrogens (tertiary/aromatic N) is 1. The zero-order valence-corrected chi connectivity index (χ0v) is 13.1. The summed E-state index contributed by atoms with van der Waals surface area (Å²) in [5, 5.41) is 0. The molecule has 4 heteroatoms. The van der Waals surface area contributed by atoms with Gasteiger partial charge in [-0.3, -0.25) is 0 Å². The van der Waals surface area contributed by atoms with Crippen molar-refractivity contribution in [3.05, 3.63) is 29.8 Å². The lowest BCUT2D eigenvalue weighted by Gasteiger charge is -2.22. The summed E-state index contributed by atoms with van der Waals surface area (Å²) in [5.74, 6) is 0.936. The molecule has 114 valence electrons. The number of rotatable bonds is 10. The molecule has 0 radical (unpaired) electrons. The molecule has 1 aromatic rings. The van der Waals surface area contributed by atoms with Crippen molar-refractivity contribution in [3.8, 4) is 5.75 Å². The molecule has 0 aliphatic carbocycles. The van der Waals surface area contributed by atoms with E-state index in [1.165, 1.54) is 5.56 Å². The fourth-order valence-electron chi connectivity index (χ4n) is 2.12. The summed E-state index contributed by atoms with van der Waals surface area (Å²) in [4.78, 5) is 2.25. The first-order valence-electron chi connectivity index (χ1n) is 7.24. The minimum atomic E-state index is -0.106. The molecule has 0 unspecified atom stereocenters. The van der Waals surface area contributed by atoms with Gasteiger partial charge in [-0.2, -0.15) is 0 Å². The summed E-state index contributed by atoms with van der Waals surface area (Å²) in [6, 6.07) is 8.11. The van der Waals surface area contributed by atoms with Gasteiger partial charge in [0.2, 0.25) is 0 Å². The Balaban J connectivity index is 2.44.